The third kappa shape index (κ3) is 4.47. The van der Waals surface area contributed by atoms with Crippen molar-refractivity contribution >= 4 is 33.3 Å². The van der Waals surface area contributed by atoms with Crippen molar-refractivity contribution in [2.45, 2.75) is 4.90 Å². The molecule has 1 heterocycles. The molecule has 0 saturated carbocycles. The normalized spacial score (nSPS) is 15.4. The number of rotatable bonds is 6. The number of anilines is 1. The average Bonchev–Trinajstić information content (AvgIpc) is 2.73. The van der Waals surface area contributed by atoms with E-state index >= 15 is 0 Å². The third-order valence-corrected chi connectivity index (χ3v) is 6.70. The highest BCUT2D eigenvalue weighted by Crippen LogP contribution is 2.25. The van der Waals surface area contributed by atoms with Crippen molar-refractivity contribution in [3.05, 3.63) is 59.1 Å². The van der Waals surface area contributed by atoms with Gasteiger partial charge in [0.25, 0.3) is 0 Å². The summed E-state index contributed by atoms with van der Waals surface area (Å²) >= 11 is 6.01. The van der Waals surface area contributed by atoms with Gasteiger partial charge in [-0.3, -0.25) is 0 Å². The summed E-state index contributed by atoms with van der Waals surface area (Å²) in [5.74, 6) is -0.773. The molecule has 2 aromatic rings. The standard InChI is InChI=1S/C19H21ClN2O5S/c20-18-7-6-16(14-17(18)19(24)27-13-12-23)28(25,26)22-10-8-21(9-11-22)15-4-2-1-3-5-15/h1-7,14,23H,8-13H2. The van der Waals surface area contributed by atoms with E-state index in [1.807, 2.05) is 30.3 Å². The molecule has 0 bridgehead atoms. The molecule has 1 aliphatic rings. The van der Waals surface area contributed by atoms with Crippen LogP contribution in [0.2, 0.25) is 5.02 Å². The van der Waals surface area contributed by atoms with Crippen LogP contribution in [0.1, 0.15) is 10.4 Å². The van der Waals surface area contributed by atoms with Crippen LogP contribution in [0.3, 0.4) is 0 Å². The van der Waals surface area contributed by atoms with E-state index in [1.165, 1.54) is 22.5 Å². The number of sulfonamides is 1. The van der Waals surface area contributed by atoms with Crippen LogP contribution >= 0.6 is 11.6 Å². The molecule has 9 heteroatoms. The number of nitrogens with zero attached hydrogens (tertiary/aromatic N) is 2. The second-order valence-electron chi connectivity index (χ2n) is 6.23. The molecule has 28 heavy (non-hydrogen) atoms. The van der Waals surface area contributed by atoms with Gasteiger partial charge in [0.2, 0.25) is 10.0 Å². The number of hydrogen-bond donors (Lipinski definition) is 1. The van der Waals surface area contributed by atoms with E-state index in [9.17, 15) is 13.2 Å². The molecule has 0 aromatic heterocycles. The maximum atomic E-state index is 13.0. The zero-order valence-corrected chi connectivity index (χ0v) is 16.7. The number of ether oxygens (including phenoxy) is 1. The van der Waals surface area contributed by atoms with Gasteiger partial charge < -0.3 is 14.7 Å². The Balaban J connectivity index is 1.75. The molecule has 1 N–H and O–H groups in total. The molecule has 0 amide bonds. The van der Waals surface area contributed by atoms with Gasteiger partial charge in [0, 0.05) is 31.9 Å². The Hall–Kier alpha value is -2.13. The van der Waals surface area contributed by atoms with E-state index in [-0.39, 0.29) is 28.7 Å². The minimum atomic E-state index is -3.77. The fourth-order valence-electron chi connectivity index (χ4n) is 3.01. The molecule has 7 nitrogen and oxygen atoms in total. The summed E-state index contributed by atoms with van der Waals surface area (Å²) in [5, 5.41) is 8.87. The number of carbonyl (C=O) groups excluding carboxylic acids is 1. The number of halogens is 1. The first-order chi connectivity index (χ1) is 13.4. The van der Waals surface area contributed by atoms with Crippen molar-refractivity contribution < 1.29 is 23.1 Å². The first-order valence-electron chi connectivity index (χ1n) is 8.81. The highest BCUT2D eigenvalue weighted by atomic mass is 35.5. The van der Waals surface area contributed by atoms with Crippen LogP contribution in [0.15, 0.2) is 53.4 Å². The van der Waals surface area contributed by atoms with Crippen LogP contribution < -0.4 is 4.90 Å². The lowest BCUT2D eigenvalue weighted by molar-refractivity contribution is 0.0433. The predicted octanol–water partition coefficient (Wildman–Crippen LogP) is 2.00. The van der Waals surface area contributed by atoms with E-state index in [0.29, 0.717) is 26.2 Å². The van der Waals surface area contributed by atoms with Crippen molar-refractivity contribution in [2.24, 2.45) is 0 Å². The first-order valence-corrected chi connectivity index (χ1v) is 10.6. The summed E-state index contributed by atoms with van der Waals surface area (Å²) in [6, 6.07) is 13.8. The van der Waals surface area contributed by atoms with Gasteiger partial charge in [0.15, 0.2) is 0 Å². The molecule has 150 valence electrons. The van der Waals surface area contributed by atoms with E-state index in [0.717, 1.165) is 5.69 Å². The smallest absolute Gasteiger partial charge is 0.339 e. The second-order valence-corrected chi connectivity index (χ2v) is 8.57. The Morgan fingerprint density at radius 3 is 2.39 bits per heavy atom. The van der Waals surface area contributed by atoms with Gasteiger partial charge in [-0.25, -0.2) is 13.2 Å². The van der Waals surface area contributed by atoms with Crippen molar-refractivity contribution in [3.8, 4) is 0 Å². The van der Waals surface area contributed by atoms with Gasteiger partial charge in [0.05, 0.1) is 22.1 Å². The SMILES string of the molecule is O=C(OCCO)c1cc(S(=O)(=O)N2CCN(c3ccccc3)CC2)ccc1Cl. The Labute approximate surface area is 169 Å². The summed E-state index contributed by atoms with van der Waals surface area (Å²) in [6.07, 6.45) is 0. The van der Waals surface area contributed by atoms with Crippen LogP contribution in [-0.2, 0) is 14.8 Å². The molecule has 1 aliphatic heterocycles. The average molecular weight is 425 g/mol. The first kappa shape index (κ1) is 20.6. The van der Waals surface area contributed by atoms with Crippen LogP contribution in [-0.4, -0.2) is 63.2 Å². The third-order valence-electron chi connectivity index (χ3n) is 4.48. The van der Waals surface area contributed by atoms with Crippen molar-refractivity contribution in [1.29, 1.82) is 0 Å². The van der Waals surface area contributed by atoms with Gasteiger partial charge in [-0.1, -0.05) is 29.8 Å². The number of carbonyl (C=O) groups is 1. The van der Waals surface area contributed by atoms with E-state index in [4.69, 9.17) is 21.4 Å². The molecular weight excluding hydrogens is 404 g/mol. The predicted molar refractivity (Wildman–Crippen MR) is 106 cm³/mol. The molecule has 1 fully saturated rings. The molecule has 2 aromatic carbocycles. The molecule has 0 aliphatic carbocycles. The number of hydrogen-bond acceptors (Lipinski definition) is 6. The zero-order valence-electron chi connectivity index (χ0n) is 15.1. The van der Waals surface area contributed by atoms with Crippen molar-refractivity contribution in [1.82, 2.24) is 4.31 Å². The summed E-state index contributed by atoms with van der Waals surface area (Å²) in [4.78, 5) is 14.2. The van der Waals surface area contributed by atoms with Gasteiger partial charge in [-0.05, 0) is 30.3 Å². The summed E-state index contributed by atoms with van der Waals surface area (Å²) < 4.78 is 32.3. The largest absolute Gasteiger partial charge is 0.460 e. The summed E-state index contributed by atoms with van der Waals surface area (Å²) in [6.45, 7) is 1.30. The second kappa shape index (κ2) is 8.91. The Morgan fingerprint density at radius 2 is 1.75 bits per heavy atom. The maximum absolute atomic E-state index is 13.0. The summed E-state index contributed by atoms with van der Waals surface area (Å²) in [7, 11) is -3.77. The highest BCUT2D eigenvalue weighted by molar-refractivity contribution is 7.89. The van der Waals surface area contributed by atoms with E-state index in [1.54, 1.807) is 0 Å². The van der Waals surface area contributed by atoms with E-state index < -0.39 is 16.0 Å². The Bertz CT molecular complexity index is 929. The van der Waals surface area contributed by atoms with Crippen molar-refractivity contribution in [2.75, 3.05) is 44.3 Å². The topological polar surface area (TPSA) is 87.1 Å². The molecule has 0 atom stereocenters. The number of aliphatic hydroxyl groups excluding tert-OH is 1. The molecule has 3 rings (SSSR count). The minimum Gasteiger partial charge on any atom is -0.460 e. The van der Waals surface area contributed by atoms with Gasteiger partial charge in [-0.2, -0.15) is 4.31 Å². The van der Waals surface area contributed by atoms with Crippen LogP contribution in [0.5, 0.6) is 0 Å². The monoisotopic (exact) mass is 424 g/mol. The Kier molecular flexibility index (Phi) is 6.56. The van der Waals surface area contributed by atoms with E-state index in [2.05, 4.69) is 4.90 Å². The number of para-hydroxylation sites is 1. The fraction of sp³-hybridized carbons (Fsp3) is 0.316. The van der Waals surface area contributed by atoms with Crippen LogP contribution in [0.4, 0.5) is 5.69 Å². The lowest BCUT2D eigenvalue weighted by Gasteiger charge is -2.35. The lowest BCUT2D eigenvalue weighted by Crippen LogP contribution is -2.48. The number of aliphatic hydroxyl groups is 1. The minimum absolute atomic E-state index is 0.0130. The fourth-order valence-corrected chi connectivity index (χ4v) is 4.66. The highest BCUT2D eigenvalue weighted by Gasteiger charge is 2.29. The van der Waals surface area contributed by atoms with Gasteiger partial charge in [0.1, 0.15) is 6.61 Å². The van der Waals surface area contributed by atoms with Crippen molar-refractivity contribution in [3.63, 3.8) is 0 Å². The van der Waals surface area contributed by atoms with Gasteiger partial charge >= 0.3 is 5.97 Å². The Morgan fingerprint density at radius 1 is 1.07 bits per heavy atom. The lowest BCUT2D eigenvalue weighted by atomic mass is 10.2. The zero-order chi connectivity index (χ0) is 20.1. The molecule has 1 saturated heterocycles. The summed E-state index contributed by atoms with van der Waals surface area (Å²) in [5.41, 5.74) is 1.01. The molecule has 0 unspecified atom stereocenters. The van der Waals surface area contributed by atoms with Gasteiger partial charge in [-0.15, -0.1) is 0 Å². The number of esters is 1. The number of benzene rings is 2. The molecule has 0 radical (unpaired) electrons. The molecular formula is C19H21ClN2O5S. The quantitative estimate of drug-likeness (QED) is 0.714. The van der Waals surface area contributed by atoms with Crippen LogP contribution in [0.25, 0.3) is 0 Å². The molecule has 0 spiro atoms. The number of piperazine rings is 1. The maximum Gasteiger partial charge on any atom is 0.339 e. The van der Waals surface area contributed by atoms with Crippen LogP contribution in [0, 0.1) is 0 Å².